The number of benzene rings is 1. The third kappa shape index (κ3) is 2.55. The van der Waals surface area contributed by atoms with Gasteiger partial charge in [-0.3, -0.25) is 4.98 Å². The van der Waals surface area contributed by atoms with Crippen LogP contribution in [-0.2, 0) is 0 Å². The van der Waals surface area contributed by atoms with Crippen LogP contribution in [0.2, 0.25) is 0 Å². The van der Waals surface area contributed by atoms with E-state index in [9.17, 15) is 0 Å². The highest BCUT2D eigenvalue weighted by molar-refractivity contribution is 5.64. The van der Waals surface area contributed by atoms with Gasteiger partial charge < -0.3 is 0 Å². The summed E-state index contributed by atoms with van der Waals surface area (Å²) >= 11 is 0. The van der Waals surface area contributed by atoms with Gasteiger partial charge in [-0.05, 0) is 42.5 Å². The van der Waals surface area contributed by atoms with Gasteiger partial charge in [0.05, 0.1) is 0 Å². The first-order chi connectivity index (χ1) is 8.08. The first-order valence-corrected chi connectivity index (χ1v) is 6.11. The predicted molar refractivity (Wildman–Crippen MR) is 73.2 cm³/mol. The van der Waals surface area contributed by atoms with Gasteiger partial charge >= 0.3 is 0 Å². The molecule has 0 fully saturated rings. The number of nitrogens with zero attached hydrogens (tertiary/aromatic N) is 1. The van der Waals surface area contributed by atoms with Crippen LogP contribution in [0.1, 0.15) is 36.6 Å². The van der Waals surface area contributed by atoms with Crippen molar-refractivity contribution in [3.8, 4) is 11.1 Å². The van der Waals surface area contributed by atoms with Gasteiger partial charge in [0, 0.05) is 17.5 Å². The van der Waals surface area contributed by atoms with Crippen molar-refractivity contribution in [1.29, 1.82) is 0 Å². The van der Waals surface area contributed by atoms with Gasteiger partial charge in [0.1, 0.15) is 0 Å². The average molecular weight is 225 g/mol. The van der Waals surface area contributed by atoms with Crippen LogP contribution < -0.4 is 0 Å². The standard InChI is InChI=1S/C16H19N/c1-11(2)16-8-7-15(10-17-16)14-6-5-12(3)13(4)9-14/h5-11H,1-4H3. The third-order valence-corrected chi connectivity index (χ3v) is 3.22. The molecule has 0 aliphatic rings. The zero-order valence-electron chi connectivity index (χ0n) is 11.0. The highest BCUT2D eigenvalue weighted by atomic mass is 14.7. The molecule has 2 aromatic rings. The van der Waals surface area contributed by atoms with E-state index in [-0.39, 0.29) is 0 Å². The van der Waals surface area contributed by atoms with Crippen molar-refractivity contribution in [2.75, 3.05) is 0 Å². The number of aryl methyl sites for hydroxylation is 2. The number of pyridine rings is 1. The number of hydrogen-bond acceptors (Lipinski definition) is 1. The Hall–Kier alpha value is -1.63. The predicted octanol–water partition coefficient (Wildman–Crippen LogP) is 4.49. The lowest BCUT2D eigenvalue weighted by atomic mass is 10.0. The van der Waals surface area contributed by atoms with E-state index in [1.54, 1.807) is 0 Å². The summed E-state index contributed by atoms with van der Waals surface area (Å²) in [5.41, 5.74) is 6.25. The molecule has 1 heteroatoms. The molecule has 0 bridgehead atoms. The van der Waals surface area contributed by atoms with Crippen LogP contribution in [0.25, 0.3) is 11.1 Å². The molecule has 17 heavy (non-hydrogen) atoms. The number of hydrogen-bond donors (Lipinski definition) is 0. The maximum Gasteiger partial charge on any atom is 0.0429 e. The summed E-state index contributed by atoms with van der Waals surface area (Å²) in [4.78, 5) is 4.51. The molecule has 1 aromatic carbocycles. The van der Waals surface area contributed by atoms with Crippen molar-refractivity contribution >= 4 is 0 Å². The maximum atomic E-state index is 4.51. The summed E-state index contributed by atoms with van der Waals surface area (Å²) in [6, 6.07) is 10.8. The van der Waals surface area contributed by atoms with Crippen LogP contribution in [0, 0.1) is 13.8 Å². The summed E-state index contributed by atoms with van der Waals surface area (Å²) in [6.45, 7) is 8.62. The second-order valence-corrected chi connectivity index (χ2v) is 4.93. The molecule has 88 valence electrons. The zero-order valence-corrected chi connectivity index (χ0v) is 11.0. The Bertz CT molecular complexity index is 510. The fraction of sp³-hybridized carbons (Fsp3) is 0.312. The van der Waals surface area contributed by atoms with Gasteiger partial charge in [-0.25, -0.2) is 0 Å². The Balaban J connectivity index is 2.36. The molecule has 0 saturated heterocycles. The van der Waals surface area contributed by atoms with Gasteiger partial charge in [0.2, 0.25) is 0 Å². The van der Waals surface area contributed by atoms with Crippen LogP contribution in [-0.4, -0.2) is 4.98 Å². The Morgan fingerprint density at radius 2 is 1.59 bits per heavy atom. The third-order valence-electron chi connectivity index (χ3n) is 3.22. The normalized spacial score (nSPS) is 10.9. The number of rotatable bonds is 2. The molecule has 0 aliphatic carbocycles. The Labute approximate surface area is 104 Å². The van der Waals surface area contributed by atoms with E-state index in [0.29, 0.717) is 5.92 Å². The largest absolute Gasteiger partial charge is 0.260 e. The quantitative estimate of drug-likeness (QED) is 0.734. The van der Waals surface area contributed by atoms with Crippen LogP contribution in [0.3, 0.4) is 0 Å². The SMILES string of the molecule is Cc1ccc(-c2ccc(C(C)C)nc2)cc1C. The minimum Gasteiger partial charge on any atom is -0.260 e. The van der Waals surface area contributed by atoms with E-state index < -0.39 is 0 Å². The van der Waals surface area contributed by atoms with Crippen LogP contribution >= 0.6 is 0 Å². The van der Waals surface area contributed by atoms with Gasteiger partial charge in [0.25, 0.3) is 0 Å². The molecular weight excluding hydrogens is 206 g/mol. The van der Waals surface area contributed by atoms with Crippen molar-refractivity contribution < 1.29 is 0 Å². The molecule has 0 unspecified atom stereocenters. The smallest absolute Gasteiger partial charge is 0.0429 e. The summed E-state index contributed by atoms with van der Waals surface area (Å²) in [5.74, 6) is 0.490. The first-order valence-electron chi connectivity index (χ1n) is 6.11. The van der Waals surface area contributed by atoms with E-state index in [4.69, 9.17) is 0 Å². The monoisotopic (exact) mass is 225 g/mol. The molecule has 0 saturated carbocycles. The molecule has 1 aromatic heterocycles. The van der Waals surface area contributed by atoms with E-state index >= 15 is 0 Å². The zero-order chi connectivity index (χ0) is 12.4. The minimum absolute atomic E-state index is 0.490. The molecule has 1 heterocycles. The highest BCUT2D eigenvalue weighted by Gasteiger charge is 2.03. The summed E-state index contributed by atoms with van der Waals surface area (Å²) in [6.07, 6.45) is 1.97. The van der Waals surface area contributed by atoms with Gasteiger partial charge in [-0.1, -0.05) is 38.1 Å². The molecule has 0 N–H and O–H groups in total. The highest BCUT2D eigenvalue weighted by Crippen LogP contribution is 2.22. The molecule has 0 amide bonds. The van der Waals surface area contributed by atoms with Crippen LogP contribution in [0.5, 0.6) is 0 Å². The van der Waals surface area contributed by atoms with Crippen molar-refractivity contribution in [2.24, 2.45) is 0 Å². The maximum absolute atomic E-state index is 4.51. The van der Waals surface area contributed by atoms with Gasteiger partial charge in [0.15, 0.2) is 0 Å². The first kappa shape index (κ1) is 11.8. The summed E-state index contributed by atoms with van der Waals surface area (Å²) < 4.78 is 0. The number of aromatic nitrogens is 1. The summed E-state index contributed by atoms with van der Waals surface area (Å²) in [5, 5.41) is 0. The molecule has 0 spiro atoms. The average Bonchev–Trinajstić information content (AvgIpc) is 2.33. The molecule has 1 nitrogen and oxygen atoms in total. The van der Waals surface area contributed by atoms with Crippen LogP contribution in [0.4, 0.5) is 0 Å². The van der Waals surface area contributed by atoms with Crippen LogP contribution in [0.15, 0.2) is 36.5 Å². The Kier molecular flexibility index (Phi) is 3.28. The fourth-order valence-electron chi connectivity index (χ4n) is 1.84. The molecule has 2 rings (SSSR count). The molecule has 0 atom stereocenters. The molecule has 0 aliphatic heterocycles. The van der Waals surface area contributed by atoms with Gasteiger partial charge in [-0.15, -0.1) is 0 Å². The second kappa shape index (κ2) is 4.70. The lowest BCUT2D eigenvalue weighted by Crippen LogP contribution is -1.92. The molecular formula is C16H19N. The topological polar surface area (TPSA) is 12.9 Å². The lowest BCUT2D eigenvalue weighted by Gasteiger charge is -2.07. The van der Waals surface area contributed by atoms with Crippen molar-refractivity contribution in [3.63, 3.8) is 0 Å². The Morgan fingerprint density at radius 3 is 2.12 bits per heavy atom. The minimum atomic E-state index is 0.490. The molecule has 0 radical (unpaired) electrons. The Morgan fingerprint density at radius 1 is 0.882 bits per heavy atom. The fourth-order valence-corrected chi connectivity index (χ4v) is 1.84. The van der Waals surface area contributed by atoms with E-state index in [1.165, 1.54) is 22.3 Å². The van der Waals surface area contributed by atoms with E-state index in [0.717, 1.165) is 5.69 Å². The van der Waals surface area contributed by atoms with Gasteiger partial charge in [-0.2, -0.15) is 0 Å². The van der Waals surface area contributed by atoms with E-state index in [1.807, 2.05) is 6.20 Å². The lowest BCUT2D eigenvalue weighted by molar-refractivity contribution is 0.823. The van der Waals surface area contributed by atoms with Crippen molar-refractivity contribution in [1.82, 2.24) is 4.98 Å². The second-order valence-electron chi connectivity index (χ2n) is 4.93. The van der Waals surface area contributed by atoms with Crippen molar-refractivity contribution in [2.45, 2.75) is 33.6 Å². The van der Waals surface area contributed by atoms with E-state index in [2.05, 4.69) is 63.0 Å². The van der Waals surface area contributed by atoms with Crippen molar-refractivity contribution in [3.05, 3.63) is 53.3 Å². The summed E-state index contributed by atoms with van der Waals surface area (Å²) in [7, 11) is 0.